The smallest absolute Gasteiger partial charge is 0.259 e. The van der Waals surface area contributed by atoms with Crippen LogP contribution >= 0.6 is 11.3 Å². The van der Waals surface area contributed by atoms with E-state index in [1.165, 1.54) is 11.1 Å². The maximum absolute atomic E-state index is 13.5. The molecule has 11 heteroatoms. The highest BCUT2D eigenvalue weighted by Gasteiger charge is 2.36. The van der Waals surface area contributed by atoms with E-state index in [1.807, 2.05) is 29.2 Å². The lowest BCUT2D eigenvalue weighted by atomic mass is 10.00. The molecule has 3 aliphatic rings. The molecule has 9 nitrogen and oxygen atoms in total. The van der Waals surface area contributed by atoms with Gasteiger partial charge in [0.25, 0.3) is 11.5 Å². The number of aliphatic imine (C=N–C) groups is 1. The number of nitrogens with zero attached hydrogens (tertiary/aromatic N) is 3. The largest absolute Gasteiger partial charge is 0.381 e. The van der Waals surface area contributed by atoms with Crippen LogP contribution in [0.4, 0.5) is 11.4 Å². The molecule has 216 valence electrons. The predicted octanol–water partition coefficient (Wildman–Crippen LogP) is 3.62. The summed E-state index contributed by atoms with van der Waals surface area (Å²) < 4.78 is 23.0. The van der Waals surface area contributed by atoms with Crippen LogP contribution in [0.2, 0.25) is 0 Å². The number of aromatic nitrogens is 1. The van der Waals surface area contributed by atoms with Crippen LogP contribution < -0.4 is 10.9 Å². The van der Waals surface area contributed by atoms with Gasteiger partial charge >= 0.3 is 0 Å². The average Bonchev–Trinajstić information content (AvgIpc) is 3.65. The molecule has 2 N–H and O–H groups in total. The molecule has 1 saturated heterocycles. The van der Waals surface area contributed by atoms with Gasteiger partial charge in [0.2, 0.25) is 0 Å². The third-order valence-corrected chi connectivity index (χ3v) is 10.1. The third kappa shape index (κ3) is 6.02. The van der Waals surface area contributed by atoms with Gasteiger partial charge in [0.05, 0.1) is 28.4 Å². The van der Waals surface area contributed by atoms with Crippen molar-refractivity contribution in [1.29, 1.82) is 0 Å². The summed E-state index contributed by atoms with van der Waals surface area (Å²) in [7, 11) is -2.98. The van der Waals surface area contributed by atoms with Gasteiger partial charge in [-0.1, -0.05) is 6.07 Å². The molecule has 0 bridgehead atoms. The van der Waals surface area contributed by atoms with Crippen molar-refractivity contribution in [2.45, 2.75) is 51.2 Å². The van der Waals surface area contributed by atoms with Crippen LogP contribution in [0, 0.1) is 0 Å². The van der Waals surface area contributed by atoms with E-state index < -0.39 is 9.84 Å². The number of H-pyrrole nitrogens is 1. The zero-order chi connectivity index (χ0) is 28.7. The molecule has 5 heterocycles. The number of nitrogens with one attached hydrogen (secondary N) is 2. The molecule has 1 atom stereocenters. The van der Waals surface area contributed by atoms with E-state index in [0.717, 1.165) is 60.4 Å². The van der Waals surface area contributed by atoms with Crippen molar-refractivity contribution in [1.82, 2.24) is 14.8 Å². The van der Waals surface area contributed by atoms with Gasteiger partial charge in [-0.05, 0) is 60.5 Å². The SMILES string of the molecule is C[C@@H](Cc1cccs1)Nc1cc[nH]c(=O)c1C1=Nc2cc3c(cc2C1)C(=O)N(C1CCN(CCS(C)(=O)=O)CC1)C3. The van der Waals surface area contributed by atoms with Crippen molar-refractivity contribution in [3.8, 4) is 0 Å². The Balaban J connectivity index is 1.15. The molecule has 1 aromatic carbocycles. The summed E-state index contributed by atoms with van der Waals surface area (Å²) in [5, 5.41) is 5.59. The van der Waals surface area contributed by atoms with Gasteiger partial charge in [-0.25, -0.2) is 8.42 Å². The first-order valence-electron chi connectivity index (χ1n) is 14.1. The van der Waals surface area contributed by atoms with Gasteiger partial charge < -0.3 is 20.1 Å². The number of anilines is 1. The van der Waals surface area contributed by atoms with E-state index in [0.29, 0.717) is 30.8 Å². The standard InChI is InChI=1S/C30H35N5O4S2/c1-19(14-23-4-3-12-40-23)32-25-5-8-31-29(36)28(25)27-16-20-15-24-21(17-26(20)33-27)18-35(30(24)37)22-6-9-34(10-7-22)11-13-41(2,38)39/h3-5,8,12,15,17,19,22H,6-7,9-11,13-14,16,18H2,1-2H3,(H2,31,32,36)/t19-/m0/s1. The van der Waals surface area contributed by atoms with E-state index in [-0.39, 0.29) is 29.3 Å². The quantitative estimate of drug-likeness (QED) is 0.392. The van der Waals surface area contributed by atoms with Crippen molar-refractivity contribution >= 4 is 44.2 Å². The number of benzene rings is 1. The molecule has 3 aromatic rings. The van der Waals surface area contributed by atoms with Gasteiger partial charge in [-0.2, -0.15) is 0 Å². The number of amides is 1. The van der Waals surface area contributed by atoms with Crippen LogP contribution in [0.15, 0.2) is 51.7 Å². The minimum Gasteiger partial charge on any atom is -0.381 e. The topological polar surface area (TPSA) is 115 Å². The minimum absolute atomic E-state index is 0.0492. The van der Waals surface area contributed by atoms with Gasteiger partial charge in [0.1, 0.15) is 9.84 Å². The van der Waals surface area contributed by atoms with E-state index in [9.17, 15) is 18.0 Å². The third-order valence-electron chi connectivity index (χ3n) is 8.26. The lowest BCUT2D eigenvalue weighted by Gasteiger charge is -2.36. The fourth-order valence-corrected chi connectivity index (χ4v) is 7.57. The number of rotatable bonds is 9. The van der Waals surface area contributed by atoms with E-state index in [4.69, 9.17) is 4.99 Å². The highest BCUT2D eigenvalue weighted by atomic mass is 32.2. The van der Waals surface area contributed by atoms with Crippen LogP contribution in [-0.2, 0) is 29.2 Å². The number of fused-ring (bicyclic) bond motifs is 2. The molecule has 1 fully saturated rings. The Morgan fingerprint density at radius 3 is 2.71 bits per heavy atom. The number of pyridine rings is 1. The summed E-state index contributed by atoms with van der Waals surface area (Å²) >= 11 is 1.72. The van der Waals surface area contributed by atoms with E-state index in [2.05, 4.69) is 33.6 Å². The fraction of sp³-hybridized carbons (Fsp3) is 0.433. The number of carbonyl (C=O) groups excluding carboxylic acids is 1. The van der Waals surface area contributed by atoms with E-state index >= 15 is 0 Å². The van der Waals surface area contributed by atoms with Gasteiger partial charge in [-0.3, -0.25) is 14.6 Å². The molecular weight excluding hydrogens is 558 g/mol. The molecule has 6 rings (SSSR count). The summed E-state index contributed by atoms with van der Waals surface area (Å²) in [5.74, 6) is 0.216. The minimum atomic E-state index is -2.98. The number of thiophene rings is 1. The number of hydrogen-bond acceptors (Lipinski definition) is 8. The average molecular weight is 594 g/mol. The summed E-state index contributed by atoms with van der Waals surface area (Å²) in [6, 6.07) is 10.3. The molecular formula is C30H35N5O4S2. The summed E-state index contributed by atoms with van der Waals surface area (Å²) in [6.07, 6.45) is 5.96. The maximum Gasteiger partial charge on any atom is 0.259 e. The Morgan fingerprint density at radius 2 is 1.98 bits per heavy atom. The molecule has 0 saturated carbocycles. The first-order chi connectivity index (χ1) is 19.6. The second-order valence-electron chi connectivity index (χ2n) is 11.4. The highest BCUT2D eigenvalue weighted by Crippen LogP contribution is 2.37. The van der Waals surface area contributed by atoms with Crippen molar-refractivity contribution in [2.75, 3.05) is 37.0 Å². The van der Waals surface area contributed by atoms with Crippen LogP contribution in [0.3, 0.4) is 0 Å². The number of sulfone groups is 1. The molecule has 3 aliphatic heterocycles. The Bertz CT molecular complexity index is 1650. The van der Waals surface area contributed by atoms with Crippen molar-refractivity contribution in [2.24, 2.45) is 4.99 Å². The summed E-state index contributed by atoms with van der Waals surface area (Å²) in [5.41, 5.74) is 5.34. The second-order valence-corrected chi connectivity index (χ2v) is 14.7. The molecule has 0 spiro atoms. The van der Waals surface area contributed by atoms with Crippen molar-refractivity contribution in [3.63, 3.8) is 0 Å². The van der Waals surface area contributed by atoms with Crippen LogP contribution in [0.1, 0.15) is 51.7 Å². The second kappa shape index (κ2) is 11.2. The van der Waals surface area contributed by atoms with E-state index in [1.54, 1.807) is 17.5 Å². The fourth-order valence-electron chi connectivity index (χ4n) is 6.15. The highest BCUT2D eigenvalue weighted by molar-refractivity contribution is 7.90. The lowest BCUT2D eigenvalue weighted by molar-refractivity contribution is 0.0602. The number of likely N-dealkylation sites (tertiary alicyclic amines) is 1. The number of carbonyl (C=O) groups is 1. The van der Waals surface area contributed by atoms with Crippen molar-refractivity contribution in [3.05, 3.63) is 79.4 Å². The number of piperidine rings is 1. The summed E-state index contributed by atoms with van der Waals surface area (Å²) in [4.78, 5) is 39.6. The zero-order valence-electron chi connectivity index (χ0n) is 23.4. The van der Waals surface area contributed by atoms with Gasteiger partial charge in [0, 0.05) is 74.0 Å². The molecule has 0 unspecified atom stereocenters. The monoisotopic (exact) mass is 593 g/mol. The van der Waals surface area contributed by atoms with Crippen molar-refractivity contribution < 1.29 is 13.2 Å². The number of hydrogen-bond donors (Lipinski definition) is 2. The van der Waals surface area contributed by atoms with Gasteiger partial charge in [0.15, 0.2) is 0 Å². The first kappa shape index (κ1) is 27.9. The number of aromatic amines is 1. The Kier molecular flexibility index (Phi) is 7.60. The maximum atomic E-state index is 13.5. The zero-order valence-corrected chi connectivity index (χ0v) is 25.0. The molecule has 1 amide bonds. The first-order valence-corrected chi connectivity index (χ1v) is 17.0. The molecule has 2 aromatic heterocycles. The Hall–Kier alpha value is -3.28. The molecule has 0 radical (unpaired) electrons. The van der Waals surface area contributed by atoms with Crippen LogP contribution in [0.5, 0.6) is 0 Å². The van der Waals surface area contributed by atoms with Gasteiger partial charge in [-0.15, -0.1) is 11.3 Å². The lowest BCUT2D eigenvalue weighted by Crippen LogP contribution is -2.45. The van der Waals surface area contributed by atoms with Crippen LogP contribution in [-0.4, -0.2) is 78.5 Å². The van der Waals surface area contributed by atoms with Crippen LogP contribution in [0.25, 0.3) is 0 Å². The predicted molar refractivity (Wildman–Crippen MR) is 164 cm³/mol. The summed E-state index contributed by atoms with van der Waals surface area (Å²) in [6.45, 7) is 4.79. The Morgan fingerprint density at radius 1 is 1.17 bits per heavy atom. The molecule has 41 heavy (non-hydrogen) atoms. The molecule has 0 aliphatic carbocycles. The Labute approximate surface area is 244 Å². The normalized spacial score (nSPS) is 18.3.